The minimum Gasteiger partial charge on any atom is -0.481 e. The van der Waals surface area contributed by atoms with Crippen LogP contribution in [0.25, 0.3) is 0 Å². The van der Waals surface area contributed by atoms with Crippen LogP contribution in [-0.4, -0.2) is 30.8 Å². The van der Waals surface area contributed by atoms with E-state index in [-0.39, 0.29) is 0 Å². The predicted octanol–water partition coefficient (Wildman–Crippen LogP) is 0.567. The summed E-state index contributed by atoms with van der Waals surface area (Å²) >= 11 is 0. The third-order valence-corrected chi connectivity index (χ3v) is 4.64. The van der Waals surface area contributed by atoms with Gasteiger partial charge in [-0.25, -0.2) is 13.1 Å². The van der Waals surface area contributed by atoms with Crippen LogP contribution in [0.5, 0.6) is 0 Å². The van der Waals surface area contributed by atoms with E-state index in [2.05, 4.69) is 4.72 Å². The van der Waals surface area contributed by atoms with Gasteiger partial charge in [-0.15, -0.1) is 0 Å². The second kappa shape index (κ2) is 4.49. The van der Waals surface area contributed by atoms with E-state index in [1.807, 2.05) is 0 Å². The van der Waals surface area contributed by atoms with Crippen LogP contribution in [0.1, 0.15) is 33.1 Å². The van der Waals surface area contributed by atoms with E-state index in [0.29, 0.717) is 12.8 Å². The number of carbonyl (C=O) groups is 1. The molecular weight excluding hydrogens is 218 g/mol. The van der Waals surface area contributed by atoms with Crippen molar-refractivity contribution < 1.29 is 18.3 Å². The summed E-state index contributed by atoms with van der Waals surface area (Å²) < 4.78 is 25.6. The third kappa shape index (κ3) is 2.92. The molecule has 88 valence electrons. The van der Waals surface area contributed by atoms with Crippen molar-refractivity contribution in [2.45, 2.75) is 44.4 Å². The first-order valence-electron chi connectivity index (χ1n) is 5.08. The maximum Gasteiger partial charge on any atom is 0.308 e. The molecule has 15 heavy (non-hydrogen) atoms. The van der Waals surface area contributed by atoms with Gasteiger partial charge in [0.2, 0.25) is 10.0 Å². The lowest BCUT2D eigenvalue weighted by molar-refractivity contribution is -0.141. The molecule has 1 fully saturated rings. The van der Waals surface area contributed by atoms with E-state index in [0.717, 1.165) is 6.42 Å². The highest BCUT2D eigenvalue weighted by Crippen LogP contribution is 2.26. The zero-order chi connectivity index (χ0) is 11.6. The molecule has 2 unspecified atom stereocenters. The molecule has 0 aliphatic heterocycles. The molecule has 1 aliphatic rings. The third-order valence-electron chi connectivity index (χ3n) is 2.77. The molecule has 0 aromatic carbocycles. The highest BCUT2D eigenvalue weighted by molar-refractivity contribution is 7.90. The van der Waals surface area contributed by atoms with Crippen molar-refractivity contribution in [2.75, 3.05) is 0 Å². The fourth-order valence-electron chi connectivity index (χ4n) is 1.74. The monoisotopic (exact) mass is 235 g/mol. The number of rotatable bonds is 4. The molecule has 5 nitrogen and oxygen atoms in total. The fraction of sp³-hybridized carbons (Fsp3) is 0.889. The molecule has 1 saturated carbocycles. The lowest BCUT2D eigenvalue weighted by Gasteiger charge is -2.19. The maximum atomic E-state index is 11.6. The summed E-state index contributed by atoms with van der Waals surface area (Å²) in [6, 6.07) is -0.435. The maximum absolute atomic E-state index is 11.6. The van der Waals surface area contributed by atoms with Crippen LogP contribution in [0.15, 0.2) is 0 Å². The van der Waals surface area contributed by atoms with Gasteiger partial charge < -0.3 is 5.11 Å². The van der Waals surface area contributed by atoms with Gasteiger partial charge in [0.1, 0.15) is 0 Å². The van der Waals surface area contributed by atoms with Gasteiger partial charge in [0.15, 0.2) is 0 Å². The van der Waals surface area contributed by atoms with Gasteiger partial charge in [0, 0.05) is 6.04 Å². The summed E-state index contributed by atoms with van der Waals surface area (Å²) in [5, 5.41) is 8.36. The van der Waals surface area contributed by atoms with Gasteiger partial charge in [-0.2, -0.15) is 0 Å². The molecule has 0 aromatic heterocycles. The molecular formula is C9H17NO4S. The Morgan fingerprint density at radius 1 is 1.40 bits per heavy atom. The average Bonchev–Trinajstić information content (AvgIpc) is 2.51. The van der Waals surface area contributed by atoms with Crippen LogP contribution in [0.2, 0.25) is 0 Å². The molecule has 0 spiro atoms. The molecule has 1 aliphatic carbocycles. The Bertz CT molecular complexity index is 336. The van der Waals surface area contributed by atoms with E-state index in [9.17, 15) is 13.2 Å². The summed E-state index contributed by atoms with van der Waals surface area (Å²) in [5.41, 5.74) is 0. The number of hydrogen-bond donors (Lipinski definition) is 2. The van der Waals surface area contributed by atoms with Crippen LogP contribution < -0.4 is 4.72 Å². The first-order chi connectivity index (χ1) is 6.84. The predicted molar refractivity (Wildman–Crippen MR) is 56.0 cm³/mol. The lowest BCUT2D eigenvalue weighted by Crippen LogP contribution is -2.43. The Labute approximate surface area is 89.9 Å². The quantitative estimate of drug-likeness (QED) is 0.746. The van der Waals surface area contributed by atoms with Crippen molar-refractivity contribution in [3.05, 3.63) is 0 Å². The van der Waals surface area contributed by atoms with Crippen molar-refractivity contribution in [2.24, 2.45) is 5.92 Å². The van der Waals surface area contributed by atoms with Crippen LogP contribution in [-0.2, 0) is 14.8 Å². The fourth-order valence-corrected chi connectivity index (χ4v) is 2.72. The molecule has 2 atom stereocenters. The largest absolute Gasteiger partial charge is 0.481 e. The van der Waals surface area contributed by atoms with Crippen molar-refractivity contribution in [1.82, 2.24) is 4.72 Å². The molecule has 0 bridgehead atoms. The van der Waals surface area contributed by atoms with E-state index in [1.165, 1.54) is 0 Å². The van der Waals surface area contributed by atoms with Crippen molar-refractivity contribution >= 4 is 16.0 Å². The normalized spacial score (nSPS) is 27.1. The molecule has 6 heteroatoms. The van der Waals surface area contributed by atoms with Crippen molar-refractivity contribution in [1.29, 1.82) is 0 Å². The minimum atomic E-state index is -3.36. The van der Waals surface area contributed by atoms with Gasteiger partial charge in [0.25, 0.3) is 0 Å². The number of sulfonamides is 1. The molecule has 0 heterocycles. The Kier molecular flexibility index (Phi) is 3.72. The van der Waals surface area contributed by atoms with E-state index in [4.69, 9.17) is 5.11 Å². The summed E-state index contributed by atoms with van der Waals surface area (Å²) in [7, 11) is -3.36. The van der Waals surface area contributed by atoms with Gasteiger partial charge >= 0.3 is 5.97 Å². The second-order valence-corrected chi connectivity index (χ2v) is 6.46. The highest BCUT2D eigenvalue weighted by atomic mass is 32.2. The van der Waals surface area contributed by atoms with Crippen molar-refractivity contribution in [3.8, 4) is 0 Å². The number of carboxylic acid groups (broad SMARTS) is 1. The standard InChI is InChI=1S/C9H17NO4S/c1-6(2)15(13,14)10-8-5-3-4-7(8)9(11)12/h6-8,10H,3-5H2,1-2H3,(H,11,12). The number of aliphatic carboxylic acids is 1. The molecule has 0 saturated heterocycles. The lowest BCUT2D eigenvalue weighted by atomic mass is 10.1. The van der Waals surface area contributed by atoms with Gasteiger partial charge in [0.05, 0.1) is 11.2 Å². The molecule has 0 radical (unpaired) electrons. The first kappa shape index (κ1) is 12.4. The van der Waals surface area contributed by atoms with Gasteiger partial charge in [-0.3, -0.25) is 4.79 Å². The Hall–Kier alpha value is -0.620. The zero-order valence-corrected chi connectivity index (χ0v) is 9.75. The summed E-state index contributed by atoms with van der Waals surface area (Å²) in [6.07, 6.45) is 1.94. The molecule has 2 N–H and O–H groups in total. The van der Waals surface area contributed by atoms with Crippen molar-refractivity contribution in [3.63, 3.8) is 0 Å². The van der Waals surface area contributed by atoms with E-state index in [1.54, 1.807) is 13.8 Å². The van der Waals surface area contributed by atoms with Gasteiger partial charge in [-0.05, 0) is 26.7 Å². The second-order valence-electron chi connectivity index (χ2n) is 4.19. The molecule has 0 amide bonds. The number of nitrogens with one attached hydrogen (secondary N) is 1. The summed E-state index contributed by atoms with van der Waals surface area (Å²) in [6.45, 7) is 3.15. The topological polar surface area (TPSA) is 83.5 Å². The Morgan fingerprint density at radius 3 is 2.47 bits per heavy atom. The number of carboxylic acids is 1. The summed E-state index contributed by atoms with van der Waals surface area (Å²) in [5.74, 6) is -1.48. The van der Waals surface area contributed by atoms with Crippen LogP contribution in [0.4, 0.5) is 0 Å². The van der Waals surface area contributed by atoms with E-state index >= 15 is 0 Å². The minimum absolute atomic E-state index is 0.435. The Balaban J connectivity index is 2.70. The summed E-state index contributed by atoms with van der Waals surface area (Å²) in [4.78, 5) is 10.8. The van der Waals surface area contributed by atoms with Gasteiger partial charge in [-0.1, -0.05) is 6.42 Å². The number of hydrogen-bond acceptors (Lipinski definition) is 3. The first-order valence-corrected chi connectivity index (χ1v) is 6.63. The smallest absolute Gasteiger partial charge is 0.308 e. The van der Waals surface area contributed by atoms with Crippen LogP contribution in [0, 0.1) is 5.92 Å². The molecule has 1 rings (SSSR count). The average molecular weight is 235 g/mol. The van der Waals surface area contributed by atoms with Crippen LogP contribution >= 0.6 is 0 Å². The Morgan fingerprint density at radius 2 is 2.00 bits per heavy atom. The highest BCUT2D eigenvalue weighted by Gasteiger charge is 2.35. The molecule has 0 aromatic rings. The van der Waals surface area contributed by atoms with E-state index < -0.39 is 33.2 Å². The SMILES string of the molecule is CC(C)S(=O)(=O)NC1CCCC1C(=O)O. The zero-order valence-electron chi connectivity index (χ0n) is 8.93. The van der Waals surface area contributed by atoms with Crippen LogP contribution in [0.3, 0.4) is 0 Å².